The van der Waals surface area contributed by atoms with Gasteiger partial charge in [0.1, 0.15) is 0 Å². The van der Waals surface area contributed by atoms with Crippen LogP contribution in [0, 0.1) is 12.8 Å². The van der Waals surface area contributed by atoms with Gasteiger partial charge in [-0.05, 0) is 37.3 Å². The lowest BCUT2D eigenvalue weighted by Crippen LogP contribution is -2.53. The van der Waals surface area contributed by atoms with Crippen LogP contribution < -0.4 is 5.32 Å². The third-order valence-corrected chi connectivity index (χ3v) is 3.70. The van der Waals surface area contributed by atoms with Crippen LogP contribution in [-0.2, 0) is 14.3 Å². The highest BCUT2D eigenvalue weighted by atomic mass is 16.5. The molecule has 0 amide bonds. The molecule has 1 aliphatic rings. The first kappa shape index (κ1) is 13.9. The molecule has 0 bridgehead atoms. The lowest BCUT2D eigenvalue weighted by Gasteiger charge is -2.33. The minimum Gasteiger partial charge on any atom is -0.467 e. The summed E-state index contributed by atoms with van der Waals surface area (Å²) in [6.45, 7) is 2.34. The molecule has 1 N–H and O–H groups in total. The van der Waals surface area contributed by atoms with Crippen molar-refractivity contribution < 1.29 is 14.3 Å². The number of rotatable bonds is 6. The molecule has 1 aliphatic carbocycles. The van der Waals surface area contributed by atoms with Crippen LogP contribution in [0.3, 0.4) is 0 Å². The zero-order valence-electron chi connectivity index (χ0n) is 11.7. The van der Waals surface area contributed by atoms with E-state index in [4.69, 9.17) is 9.47 Å². The van der Waals surface area contributed by atoms with Crippen LogP contribution in [0.1, 0.15) is 18.4 Å². The smallest absolute Gasteiger partial charge is 0.334 e. The number of hydrogen-bond donors (Lipinski definition) is 1. The summed E-state index contributed by atoms with van der Waals surface area (Å²) in [7, 11) is 3.04. The van der Waals surface area contributed by atoms with Crippen molar-refractivity contribution in [3.05, 3.63) is 29.8 Å². The molecule has 0 spiro atoms. The van der Waals surface area contributed by atoms with E-state index in [9.17, 15) is 4.79 Å². The Labute approximate surface area is 114 Å². The second kappa shape index (κ2) is 5.61. The van der Waals surface area contributed by atoms with Crippen molar-refractivity contribution in [1.29, 1.82) is 0 Å². The number of methoxy groups -OCH3 is 2. The van der Waals surface area contributed by atoms with Crippen molar-refractivity contribution in [2.75, 3.05) is 26.1 Å². The molecule has 1 unspecified atom stereocenters. The number of para-hydroxylation sites is 1. The lowest BCUT2D eigenvalue weighted by atomic mass is 9.93. The Morgan fingerprint density at radius 3 is 2.58 bits per heavy atom. The number of carbonyl (C=O) groups is 1. The third kappa shape index (κ3) is 2.73. The van der Waals surface area contributed by atoms with Crippen molar-refractivity contribution in [3.63, 3.8) is 0 Å². The summed E-state index contributed by atoms with van der Waals surface area (Å²) in [5.41, 5.74) is 1.29. The van der Waals surface area contributed by atoms with Crippen molar-refractivity contribution in [2.24, 2.45) is 5.92 Å². The molecule has 2 rings (SSSR count). The van der Waals surface area contributed by atoms with Gasteiger partial charge in [-0.1, -0.05) is 18.2 Å². The largest absolute Gasteiger partial charge is 0.467 e. The second-order valence-corrected chi connectivity index (χ2v) is 5.11. The van der Waals surface area contributed by atoms with Crippen LogP contribution in [0.25, 0.3) is 0 Å². The first-order valence-corrected chi connectivity index (χ1v) is 6.55. The zero-order valence-corrected chi connectivity index (χ0v) is 11.7. The van der Waals surface area contributed by atoms with Gasteiger partial charge in [0, 0.05) is 12.8 Å². The summed E-state index contributed by atoms with van der Waals surface area (Å²) in [5, 5.41) is 3.37. The molecule has 1 aromatic carbocycles. The zero-order chi connectivity index (χ0) is 13.9. The van der Waals surface area contributed by atoms with Gasteiger partial charge in [-0.25, -0.2) is 4.79 Å². The van der Waals surface area contributed by atoms with Gasteiger partial charge >= 0.3 is 5.97 Å². The normalized spacial score (nSPS) is 17.6. The molecule has 0 heterocycles. The van der Waals surface area contributed by atoms with Gasteiger partial charge in [0.05, 0.1) is 13.7 Å². The summed E-state index contributed by atoms with van der Waals surface area (Å²) in [6.07, 6.45) is 2.05. The number of carbonyl (C=O) groups excluding carboxylic acids is 1. The lowest BCUT2D eigenvalue weighted by molar-refractivity contribution is -0.149. The van der Waals surface area contributed by atoms with E-state index in [0.717, 1.165) is 24.1 Å². The van der Waals surface area contributed by atoms with E-state index in [2.05, 4.69) is 5.32 Å². The van der Waals surface area contributed by atoms with Gasteiger partial charge in [-0.15, -0.1) is 0 Å². The number of nitrogens with one attached hydrogen (secondary N) is 1. The van der Waals surface area contributed by atoms with Crippen LogP contribution in [0.15, 0.2) is 24.3 Å². The van der Waals surface area contributed by atoms with Crippen LogP contribution in [-0.4, -0.2) is 32.3 Å². The number of hydrogen-bond acceptors (Lipinski definition) is 4. The molecule has 0 aliphatic heterocycles. The van der Waals surface area contributed by atoms with Crippen LogP contribution in [0.5, 0.6) is 0 Å². The highest BCUT2D eigenvalue weighted by Crippen LogP contribution is 2.43. The highest BCUT2D eigenvalue weighted by molar-refractivity contribution is 5.86. The second-order valence-electron chi connectivity index (χ2n) is 5.11. The molecule has 0 saturated heterocycles. The Hall–Kier alpha value is -1.55. The molecule has 104 valence electrons. The molecule has 1 aromatic rings. The Bertz CT molecular complexity index is 456. The fourth-order valence-corrected chi connectivity index (χ4v) is 2.47. The van der Waals surface area contributed by atoms with E-state index in [1.54, 1.807) is 7.11 Å². The number of aryl methyl sites for hydroxylation is 1. The maximum Gasteiger partial charge on any atom is 0.334 e. The Balaban J connectivity index is 2.32. The highest BCUT2D eigenvalue weighted by Gasteiger charge is 2.52. The maximum atomic E-state index is 12.3. The van der Waals surface area contributed by atoms with Crippen LogP contribution in [0.4, 0.5) is 5.69 Å². The molecular formula is C15H21NO3. The topological polar surface area (TPSA) is 47.6 Å². The third-order valence-electron chi connectivity index (χ3n) is 3.70. The molecule has 0 radical (unpaired) electrons. The number of esters is 1. The van der Waals surface area contributed by atoms with E-state index >= 15 is 0 Å². The van der Waals surface area contributed by atoms with E-state index in [0.29, 0.717) is 6.61 Å². The summed E-state index contributed by atoms with van der Waals surface area (Å²) >= 11 is 0. The maximum absolute atomic E-state index is 12.3. The molecule has 4 nitrogen and oxygen atoms in total. The predicted molar refractivity (Wildman–Crippen MR) is 74.1 cm³/mol. The number of benzene rings is 1. The quantitative estimate of drug-likeness (QED) is 0.800. The van der Waals surface area contributed by atoms with Gasteiger partial charge in [0.15, 0.2) is 5.54 Å². The van der Waals surface area contributed by atoms with E-state index in [-0.39, 0.29) is 11.9 Å². The predicted octanol–water partition coefficient (Wildman–Crippen LogP) is 2.38. The average Bonchev–Trinajstić information content (AvgIpc) is 3.24. The summed E-state index contributed by atoms with van der Waals surface area (Å²) in [4.78, 5) is 12.3. The first-order chi connectivity index (χ1) is 9.14. The fraction of sp³-hybridized carbons (Fsp3) is 0.533. The SMILES string of the molecule is COCC(Nc1ccccc1C)(C(=O)OC)C1CC1. The molecule has 1 fully saturated rings. The minimum atomic E-state index is -0.768. The van der Waals surface area contributed by atoms with Gasteiger partial charge in [-0.3, -0.25) is 0 Å². The van der Waals surface area contributed by atoms with E-state index in [1.165, 1.54) is 7.11 Å². The van der Waals surface area contributed by atoms with Crippen molar-refractivity contribution in [1.82, 2.24) is 0 Å². The Morgan fingerprint density at radius 1 is 1.37 bits per heavy atom. The fourth-order valence-electron chi connectivity index (χ4n) is 2.47. The van der Waals surface area contributed by atoms with Crippen LogP contribution >= 0.6 is 0 Å². The van der Waals surface area contributed by atoms with Crippen LogP contribution in [0.2, 0.25) is 0 Å². The van der Waals surface area contributed by atoms with E-state index in [1.807, 2.05) is 31.2 Å². The summed E-state index contributed by atoms with van der Waals surface area (Å²) < 4.78 is 10.3. The van der Waals surface area contributed by atoms with Gasteiger partial charge in [0.25, 0.3) is 0 Å². The standard InChI is InChI=1S/C15H21NO3/c1-11-6-4-5-7-13(11)16-15(10-18-2,12-8-9-12)14(17)19-3/h4-7,12,16H,8-10H2,1-3H3. The molecule has 1 saturated carbocycles. The molecular weight excluding hydrogens is 242 g/mol. The Kier molecular flexibility index (Phi) is 4.10. The molecule has 0 aromatic heterocycles. The van der Waals surface area contributed by atoms with Gasteiger partial charge < -0.3 is 14.8 Å². The minimum absolute atomic E-state index is 0.250. The summed E-state index contributed by atoms with van der Waals surface area (Å²) in [5.74, 6) is 0.0274. The Morgan fingerprint density at radius 2 is 2.05 bits per heavy atom. The number of anilines is 1. The molecule has 19 heavy (non-hydrogen) atoms. The van der Waals surface area contributed by atoms with Gasteiger partial charge in [-0.2, -0.15) is 0 Å². The monoisotopic (exact) mass is 263 g/mol. The molecule has 4 heteroatoms. The van der Waals surface area contributed by atoms with Crippen molar-refractivity contribution >= 4 is 11.7 Å². The van der Waals surface area contributed by atoms with Crippen molar-refractivity contribution in [2.45, 2.75) is 25.3 Å². The van der Waals surface area contributed by atoms with Gasteiger partial charge in [0.2, 0.25) is 0 Å². The first-order valence-electron chi connectivity index (χ1n) is 6.55. The summed E-state index contributed by atoms with van der Waals surface area (Å²) in [6, 6.07) is 7.93. The van der Waals surface area contributed by atoms with E-state index < -0.39 is 5.54 Å². The van der Waals surface area contributed by atoms with Crippen molar-refractivity contribution in [3.8, 4) is 0 Å². The number of ether oxygens (including phenoxy) is 2. The molecule has 1 atom stereocenters. The average molecular weight is 263 g/mol.